The predicted octanol–water partition coefficient (Wildman–Crippen LogP) is 3.30. The topological polar surface area (TPSA) is 54.4 Å². The molecule has 3 heteroatoms. The van der Waals surface area contributed by atoms with E-state index in [2.05, 4.69) is 27.4 Å². The first-order chi connectivity index (χ1) is 10.6. The van der Waals surface area contributed by atoms with E-state index in [1.807, 2.05) is 0 Å². The maximum atomic E-state index is 13.0. The maximum absolute atomic E-state index is 13.0. The number of fused-ring (bicyclic) bond motifs is 3. The quantitative estimate of drug-likeness (QED) is 0.698. The van der Waals surface area contributed by atoms with Crippen LogP contribution in [0.4, 0.5) is 0 Å². The van der Waals surface area contributed by atoms with Gasteiger partial charge in [0.1, 0.15) is 11.9 Å². The third kappa shape index (κ3) is 1.65. The fraction of sp³-hybridized carbons (Fsp3) is 0.800. The molecule has 23 heavy (non-hydrogen) atoms. The van der Waals surface area contributed by atoms with Crippen molar-refractivity contribution >= 4 is 11.6 Å². The van der Waals surface area contributed by atoms with Crippen LogP contribution in [0.5, 0.6) is 0 Å². The molecule has 126 valence electrons. The first kappa shape index (κ1) is 15.6. The molecule has 0 amide bonds. The zero-order chi connectivity index (χ0) is 16.8. The molecule has 0 aromatic rings. The molecule has 1 N–H and O–H groups in total. The number of hydrogen-bond acceptors (Lipinski definition) is 3. The van der Waals surface area contributed by atoms with Crippen LogP contribution in [0, 0.1) is 34.0 Å². The van der Waals surface area contributed by atoms with Gasteiger partial charge in [-0.3, -0.25) is 9.59 Å². The van der Waals surface area contributed by atoms with Crippen LogP contribution in [-0.2, 0) is 9.59 Å². The van der Waals surface area contributed by atoms with Crippen LogP contribution in [0.15, 0.2) is 12.2 Å². The largest absolute Gasteiger partial charge is 0.385 e. The zero-order valence-electron chi connectivity index (χ0n) is 14.5. The molecule has 0 saturated heterocycles. The molecular formula is C20H28O3. The maximum Gasteiger partial charge on any atom is 0.168 e. The molecule has 1 spiro atoms. The number of carbonyl (C=O) groups excluding carboxylic acids is 2. The van der Waals surface area contributed by atoms with E-state index in [-0.39, 0.29) is 22.5 Å². The summed E-state index contributed by atoms with van der Waals surface area (Å²) in [7, 11) is 0. The lowest BCUT2D eigenvalue weighted by atomic mass is 9.36. The molecule has 0 aromatic heterocycles. The highest BCUT2D eigenvalue weighted by molar-refractivity contribution is 5.93. The molecule has 3 nitrogen and oxygen atoms in total. The Kier molecular flexibility index (Phi) is 2.95. The van der Waals surface area contributed by atoms with Gasteiger partial charge < -0.3 is 5.11 Å². The van der Waals surface area contributed by atoms with Gasteiger partial charge in [0, 0.05) is 23.2 Å². The van der Waals surface area contributed by atoms with E-state index >= 15 is 0 Å². The van der Waals surface area contributed by atoms with E-state index in [0.29, 0.717) is 24.0 Å². The first-order valence-electron chi connectivity index (χ1n) is 9.08. The summed E-state index contributed by atoms with van der Waals surface area (Å²) in [5.41, 5.74) is 0.406. The highest BCUT2D eigenvalue weighted by atomic mass is 16.3. The minimum absolute atomic E-state index is 0.0322. The standard InChI is InChI=1S/C20H28O3/c1-11-10-20-8-5-13-18(2,3)15(21)6-7-19(13,4)14(20)9-12(11)16(22)17(20)23/h12-14,16,22H,1,5-10H2,2-4H3/t12-,13+,14-,16+,19-,20-/m1/s1. The lowest BCUT2D eigenvalue weighted by Gasteiger charge is -2.67. The summed E-state index contributed by atoms with van der Waals surface area (Å²) in [6.07, 6.45) is 4.06. The third-order valence-corrected chi connectivity index (χ3v) is 8.32. The Labute approximate surface area is 138 Å². The normalized spacial score (nSPS) is 51.4. The van der Waals surface area contributed by atoms with E-state index in [1.54, 1.807) is 0 Å². The summed E-state index contributed by atoms with van der Waals surface area (Å²) in [5, 5.41) is 10.4. The van der Waals surface area contributed by atoms with Crippen LogP contribution in [0.1, 0.15) is 59.3 Å². The average molecular weight is 316 g/mol. The van der Waals surface area contributed by atoms with Crippen molar-refractivity contribution in [3.63, 3.8) is 0 Å². The highest BCUT2D eigenvalue weighted by Gasteiger charge is 2.69. The molecule has 5 fully saturated rings. The molecular weight excluding hydrogens is 288 g/mol. The van der Waals surface area contributed by atoms with Gasteiger partial charge in [-0.1, -0.05) is 32.9 Å². The number of aliphatic hydroxyl groups is 1. The molecule has 0 radical (unpaired) electrons. The van der Waals surface area contributed by atoms with E-state index in [9.17, 15) is 14.7 Å². The summed E-state index contributed by atoms with van der Waals surface area (Å²) in [5.74, 6) is 1.04. The van der Waals surface area contributed by atoms with Gasteiger partial charge in [0.05, 0.1) is 0 Å². The van der Waals surface area contributed by atoms with Crippen molar-refractivity contribution in [2.75, 3.05) is 0 Å². The van der Waals surface area contributed by atoms with Crippen LogP contribution in [0.3, 0.4) is 0 Å². The van der Waals surface area contributed by atoms with Crippen LogP contribution in [0.2, 0.25) is 0 Å². The van der Waals surface area contributed by atoms with E-state index in [0.717, 1.165) is 37.7 Å². The van der Waals surface area contributed by atoms with Crippen molar-refractivity contribution < 1.29 is 14.7 Å². The Morgan fingerprint density at radius 1 is 1.13 bits per heavy atom. The number of hydrogen-bond donors (Lipinski definition) is 1. The van der Waals surface area contributed by atoms with Crippen LogP contribution >= 0.6 is 0 Å². The molecule has 0 heterocycles. The number of ketones is 2. The second kappa shape index (κ2) is 4.36. The van der Waals surface area contributed by atoms with Gasteiger partial charge in [-0.25, -0.2) is 0 Å². The van der Waals surface area contributed by atoms with Gasteiger partial charge in [-0.2, -0.15) is 0 Å². The molecule has 0 aliphatic heterocycles. The van der Waals surface area contributed by atoms with Gasteiger partial charge >= 0.3 is 0 Å². The molecule has 2 bridgehead atoms. The molecule has 5 saturated carbocycles. The third-order valence-electron chi connectivity index (χ3n) is 8.32. The Balaban J connectivity index is 1.81. The molecule has 5 aliphatic carbocycles. The number of carbonyl (C=O) groups is 2. The summed E-state index contributed by atoms with van der Waals surface area (Å²) in [6.45, 7) is 10.7. The van der Waals surface area contributed by atoms with Crippen molar-refractivity contribution in [3.05, 3.63) is 12.2 Å². The van der Waals surface area contributed by atoms with Crippen LogP contribution in [0.25, 0.3) is 0 Å². The molecule has 6 atom stereocenters. The Hall–Kier alpha value is -0.960. The van der Waals surface area contributed by atoms with Gasteiger partial charge in [-0.05, 0) is 49.4 Å². The monoisotopic (exact) mass is 316 g/mol. The fourth-order valence-corrected chi connectivity index (χ4v) is 7.09. The second-order valence-corrected chi connectivity index (χ2v) is 9.44. The van der Waals surface area contributed by atoms with Crippen LogP contribution < -0.4 is 0 Å². The minimum atomic E-state index is -0.842. The van der Waals surface area contributed by atoms with Gasteiger partial charge in [0.25, 0.3) is 0 Å². The van der Waals surface area contributed by atoms with E-state index in [1.165, 1.54) is 0 Å². The summed E-state index contributed by atoms with van der Waals surface area (Å²) in [6, 6.07) is 0. The Bertz CT molecular complexity index is 618. The fourth-order valence-electron chi connectivity index (χ4n) is 7.09. The molecule has 5 rings (SSSR count). The van der Waals surface area contributed by atoms with Crippen molar-refractivity contribution in [2.24, 2.45) is 34.0 Å². The molecule has 0 aromatic carbocycles. The average Bonchev–Trinajstić information content (AvgIpc) is 2.48. The number of Topliss-reactive ketones (excluding diaryl/α,β-unsaturated/α-hetero) is 2. The SMILES string of the molecule is C=C1C[C@]23CC[C@H]4C(C)(C)C(=O)CC[C@@]4(C)[C@H]2C[C@H]1[C@H](O)C3=O. The number of rotatable bonds is 0. The smallest absolute Gasteiger partial charge is 0.168 e. The van der Waals surface area contributed by atoms with Crippen molar-refractivity contribution in [3.8, 4) is 0 Å². The number of aliphatic hydroxyl groups excluding tert-OH is 1. The lowest BCUT2D eigenvalue weighted by molar-refractivity contribution is -0.194. The van der Waals surface area contributed by atoms with Crippen molar-refractivity contribution in [2.45, 2.75) is 65.4 Å². The molecule has 0 unspecified atom stereocenters. The minimum Gasteiger partial charge on any atom is -0.385 e. The van der Waals surface area contributed by atoms with Crippen LogP contribution in [-0.4, -0.2) is 22.8 Å². The van der Waals surface area contributed by atoms with Gasteiger partial charge in [0.15, 0.2) is 5.78 Å². The highest BCUT2D eigenvalue weighted by Crippen LogP contribution is 2.70. The van der Waals surface area contributed by atoms with Gasteiger partial charge in [-0.15, -0.1) is 0 Å². The van der Waals surface area contributed by atoms with Crippen molar-refractivity contribution in [1.82, 2.24) is 0 Å². The van der Waals surface area contributed by atoms with Crippen molar-refractivity contribution in [1.29, 1.82) is 0 Å². The van der Waals surface area contributed by atoms with E-state index in [4.69, 9.17) is 0 Å². The predicted molar refractivity (Wildman–Crippen MR) is 87.7 cm³/mol. The van der Waals surface area contributed by atoms with Gasteiger partial charge in [0.2, 0.25) is 0 Å². The Morgan fingerprint density at radius 2 is 1.83 bits per heavy atom. The Morgan fingerprint density at radius 3 is 2.52 bits per heavy atom. The first-order valence-corrected chi connectivity index (χ1v) is 9.08. The zero-order valence-corrected chi connectivity index (χ0v) is 14.5. The summed E-state index contributed by atoms with van der Waals surface area (Å²) < 4.78 is 0. The second-order valence-electron chi connectivity index (χ2n) is 9.44. The summed E-state index contributed by atoms with van der Waals surface area (Å²) in [4.78, 5) is 25.5. The summed E-state index contributed by atoms with van der Waals surface area (Å²) >= 11 is 0. The molecule has 5 aliphatic rings. The van der Waals surface area contributed by atoms with E-state index < -0.39 is 11.5 Å². The lowest BCUT2D eigenvalue weighted by Crippen LogP contribution is -2.67.